The van der Waals surface area contributed by atoms with Gasteiger partial charge in [0.25, 0.3) is 5.91 Å². The van der Waals surface area contributed by atoms with Crippen LogP contribution in [0.2, 0.25) is 0 Å². The monoisotopic (exact) mass is 404 g/mol. The molecule has 8 nitrogen and oxygen atoms in total. The number of nitrogens with one attached hydrogen (secondary N) is 1. The fourth-order valence-corrected chi connectivity index (χ4v) is 3.44. The highest BCUT2D eigenvalue weighted by Gasteiger charge is 2.26. The average Bonchev–Trinajstić information content (AvgIpc) is 3.22. The summed E-state index contributed by atoms with van der Waals surface area (Å²) in [5.41, 5.74) is 3.27. The Bertz CT molecular complexity index is 1020. The third kappa shape index (κ3) is 4.65. The highest BCUT2D eigenvalue weighted by atomic mass is 16.2. The van der Waals surface area contributed by atoms with Crippen LogP contribution in [0.1, 0.15) is 21.6 Å². The molecule has 1 saturated heterocycles. The Labute approximate surface area is 175 Å². The minimum Gasteiger partial charge on any atom is -0.334 e. The van der Waals surface area contributed by atoms with E-state index in [9.17, 15) is 9.59 Å². The van der Waals surface area contributed by atoms with E-state index in [1.807, 2.05) is 61.5 Å². The summed E-state index contributed by atoms with van der Waals surface area (Å²) in [5.74, 6) is -0.159. The third-order valence-electron chi connectivity index (χ3n) is 5.07. The summed E-state index contributed by atoms with van der Waals surface area (Å²) in [4.78, 5) is 28.7. The van der Waals surface area contributed by atoms with Gasteiger partial charge in [-0.3, -0.25) is 4.79 Å². The lowest BCUT2D eigenvalue weighted by atomic mass is 10.2. The lowest BCUT2D eigenvalue weighted by Crippen LogP contribution is -2.51. The SMILES string of the molecule is Cc1cccc(NC(=O)N2CCN(C(=O)c3cn(Cc4ccccc4)nn3)CC2)c1. The Hall–Kier alpha value is -3.68. The standard InChI is InChI=1S/C22H24N6O2/c1-17-6-5-9-19(14-17)23-22(30)27-12-10-26(11-13-27)21(29)20-16-28(25-24-20)15-18-7-3-2-4-8-18/h2-9,14,16H,10-13,15H2,1H3,(H,23,30). The van der Waals surface area contributed by atoms with E-state index >= 15 is 0 Å². The molecule has 3 amide bonds. The predicted molar refractivity (Wildman–Crippen MR) is 113 cm³/mol. The molecule has 30 heavy (non-hydrogen) atoms. The number of benzene rings is 2. The van der Waals surface area contributed by atoms with Crippen LogP contribution in [0.4, 0.5) is 10.5 Å². The van der Waals surface area contributed by atoms with Gasteiger partial charge >= 0.3 is 6.03 Å². The second kappa shape index (κ2) is 8.77. The molecule has 0 spiro atoms. The molecule has 1 aliphatic rings. The first kappa shape index (κ1) is 19.6. The second-order valence-electron chi connectivity index (χ2n) is 7.37. The van der Waals surface area contributed by atoms with Crippen LogP contribution in [-0.4, -0.2) is 62.9 Å². The highest BCUT2D eigenvalue weighted by molar-refractivity contribution is 5.92. The van der Waals surface area contributed by atoms with Gasteiger partial charge < -0.3 is 15.1 Å². The van der Waals surface area contributed by atoms with Crippen LogP contribution in [0.15, 0.2) is 60.8 Å². The molecule has 0 saturated carbocycles. The fourth-order valence-electron chi connectivity index (χ4n) is 3.44. The van der Waals surface area contributed by atoms with Gasteiger partial charge in [-0.25, -0.2) is 9.48 Å². The number of hydrogen-bond donors (Lipinski definition) is 1. The van der Waals surface area contributed by atoms with Gasteiger partial charge in [0.05, 0.1) is 12.7 Å². The van der Waals surface area contributed by atoms with Crippen LogP contribution in [0, 0.1) is 6.92 Å². The number of urea groups is 1. The molecule has 1 aromatic heterocycles. The number of carbonyl (C=O) groups excluding carboxylic acids is 2. The molecule has 3 aromatic rings. The van der Waals surface area contributed by atoms with Crippen molar-refractivity contribution in [1.82, 2.24) is 24.8 Å². The minimum atomic E-state index is -0.159. The van der Waals surface area contributed by atoms with Crippen LogP contribution in [0.5, 0.6) is 0 Å². The molecule has 0 atom stereocenters. The maximum absolute atomic E-state index is 12.8. The Morgan fingerprint density at radius 2 is 1.70 bits per heavy atom. The lowest BCUT2D eigenvalue weighted by molar-refractivity contribution is 0.0665. The zero-order chi connectivity index (χ0) is 20.9. The summed E-state index contributed by atoms with van der Waals surface area (Å²) in [6, 6.07) is 17.4. The molecule has 2 heterocycles. The van der Waals surface area contributed by atoms with Crippen molar-refractivity contribution in [3.05, 3.63) is 77.6 Å². The molecule has 1 aliphatic heterocycles. The van der Waals surface area contributed by atoms with Crippen molar-refractivity contribution in [3.8, 4) is 0 Å². The van der Waals surface area contributed by atoms with E-state index in [0.717, 1.165) is 16.8 Å². The normalized spacial score (nSPS) is 13.9. The van der Waals surface area contributed by atoms with E-state index in [2.05, 4.69) is 15.6 Å². The quantitative estimate of drug-likeness (QED) is 0.725. The Kier molecular flexibility index (Phi) is 5.74. The molecular formula is C22H24N6O2. The average molecular weight is 404 g/mol. The molecule has 0 bridgehead atoms. The van der Waals surface area contributed by atoms with E-state index in [4.69, 9.17) is 0 Å². The second-order valence-corrected chi connectivity index (χ2v) is 7.37. The van der Waals surface area contributed by atoms with E-state index in [1.165, 1.54) is 0 Å². The molecule has 0 radical (unpaired) electrons. The van der Waals surface area contributed by atoms with Gasteiger partial charge in [-0.2, -0.15) is 0 Å². The van der Waals surface area contributed by atoms with Crippen molar-refractivity contribution in [2.24, 2.45) is 0 Å². The fraction of sp³-hybridized carbons (Fsp3) is 0.273. The molecule has 2 aromatic carbocycles. The summed E-state index contributed by atoms with van der Waals surface area (Å²) in [6.45, 7) is 4.42. The number of rotatable bonds is 4. The summed E-state index contributed by atoms with van der Waals surface area (Å²) >= 11 is 0. The number of piperazine rings is 1. The molecule has 4 rings (SSSR count). The summed E-state index contributed by atoms with van der Waals surface area (Å²) in [7, 11) is 0. The van der Waals surface area contributed by atoms with Crippen molar-refractivity contribution in [2.45, 2.75) is 13.5 Å². The lowest BCUT2D eigenvalue weighted by Gasteiger charge is -2.34. The van der Waals surface area contributed by atoms with Crippen molar-refractivity contribution in [2.75, 3.05) is 31.5 Å². The van der Waals surface area contributed by atoms with Crippen molar-refractivity contribution >= 4 is 17.6 Å². The van der Waals surface area contributed by atoms with E-state index in [-0.39, 0.29) is 11.9 Å². The topological polar surface area (TPSA) is 83.4 Å². The van der Waals surface area contributed by atoms with Crippen molar-refractivity contribution in [1.29, 1.82) is 0 Å². The molecule has 1 fully saturated rings. The van der Waals surface area contributed by atoms with Gasteiger partial charge in [0, 0.05) is 31.9 Å². The Balaban J connectivity index is 1.30. The molecular weight excluding hydrogens is 380 g/mol. The van der Waals surface area contributed by atoms with Crippen LogP contribution >= 0.6 is 0 Å². The molecule has 8 heteroatoms. The van der Waals surface area contributed by atoms with Gasteiger partial charge in [-0.15, -0.1) is 5.10 Å². The minimum absolute atomic E-state index is 0.151. The molecule has 154 valence electrons. The number of anilines is 1. The highest BCUT2D eigenvalue weighted by Crippen LogP contribution is 2.13. The van der Waals surface area contributed by atoms with Crippen molar-refractivity contribution < 1.29 is 9.59 Å². The summed E-state index contributed by atoms with van der Waals surface area (Å²) in [6.07, 6.45) is 1.67. The maximum Gasteiger partial charge on any atom is 0.321 e. The molecule has 0 aliphatic carbocycles. The number of hydrogen-bond acceptors (Lipinski definition) is 4. The Morgan fingerprint density at radius 3 is 2.43 bits per heavy atom. The third-order valence-corrected chi connectivity index (χ3v) is 5.07. The maximum atomic E-state index is 12.8. The Morgan fingerprint density at radius 1 is 0.967 bits per heavy atom. The smallest absolute Gasteiger partial charge is 0.321 e. The first-order valence-corrected chi connectivity index (χ1v) is 9.94. The molecule has 0 unspecified atom stereocenters. The van der Waals surface area contributed by atoms with E-state index < -0.39 is 0 Å². The van der Waals surface area contributed by atoms with E-state index in [0.29, 0.717) is 38.4 Å². The van der Waals surface area contributed by atoms with Gasteiger partial charge in [-0.05, 0) is 30.2 Å². The van der Waals surface area contributed by atoms with E-state index in [1.54, 1.807) is 20.7 Å². The van der Waals surface area contributed by atoms with Crippen LogP contribution < -0.4 is 5.32 Å². The largest absolute Gasteiger partial charge is 0.334 e. The number of aromatic nitrogens is 3. The zero-order valence-corrected chi connectivity index (χ0v) is 16.9. The van der Waals surface area contributed by atoms with Gasteiger partial charge in [0.15, 0.2) is 5.69 Å². The van der Waals surface area contributed by atoms with Crippen LogP contribution in [0.3, 0.4) is 0 Å². The molecule has 1 N–H and O–H groups in total. The van der Waals surface area contributed by atoms with Crippen LogP contribution in [0.25, 0.3) is 0 Å². The number of carbonyl (C=O) groups is 2. The summed E-state index contributed by atoms with van der Waals surface area (Å²) < 4.78 is 1.66. The first-order chi connectivity index (χ1) is 14.6. The predicted octanol–water partition coefficient (Wildman–Crippen LogP) is 2.62. The first-order valence-electron chi connectivity index (χ1n) is 9.94. The van der Waals surface area contributed by atoms with Gasteiger partial charge in [0.2, 0.25) is 0 Å². The van der Waals surface area contributed by atoms with Crippen molar-refractivity contribution in [3.63, 3.8) is 0 Å². The van der Waals surface area contributed by atoms with Gasteiger partial charge in [-0.1, -0.05) is 47.7 Å². The summed E-state index contributed by atoms with van der Waals surface area (Å²) in [5, 5.41) is 11.0. The van der Waals surface area contributed by atoms with Gasteiger partial charge in [0.1, 0.15) is 0 Å². The zero-order valence-electron chi connectivity index (χ0n) is 16.9. The number of nitrogens with zero attached hydrogens (tertiary/aromatic N) is 5. The number of amides is 3. The van der Waals surface area contributed by atoms with Crippen LogP contribution in [-0.2, 0) is 6.54 Å². The number of aryl methyl sites for hydroxylation is 1.